The Morgan fingerprint density at radius 3 is 2.76 bits per heavy atom. The SMILES string of the molecule is CNC(C)(C)c1nc(-c2cc(C)ccn2)no1. The van der Waals surface area contributed by atoms with Gasteiger partial charge in [-0.2, -0.15) is 4.98 Å². The zero-order chi connectivity index (χ0) is 12.5. The molecular weight excluding hydrogens is 216 g/mol. The number of nitrogens with one attached hydrogen (secondary N) is 1. The zero-order valence-corrected chi connectivity index (χ0v) is 10.5. The zero-order valence-electron chi connectivity index (χ0n) is 10.5. The molecule has 0 fully saturated rings. The molecule has 0 aromatic carbocycles. The predicted octanol–water partition coefficient (Wildman–Crippen LogP) is 1.89. The maximum absolute atomic E-state index is 5.25. The molecule has 1 N–H and O–H groups in total. The molecule has 2 rings (SSSR count). The van der Waals surface area contributed by atoms with Crippen molar-refractivity contribution in [2.75, 3.05) is 7.05 Å². The first kappa shape index (κ1) is 11.7. The molecule has 0 aliphatic heterocycles. The molecule has 0 bridgehead atoms. The van der Waals surface area contributed by atoms with Crippen LogP contribution in [0.2, 0.25) is 0 Å². The Kier molecular flexibility index (Phi) is 2.93. The first-order chi connectivity index (χ1) is 8.03. The molecule has 0 radical (unpaired) electrons. The molecule has 0 aliphatic carbocycles. The highest BCUT2D eigenvalue weighted by Crippen LogP contribution is 2.21. The van der Waals surface area contributed by atoms with Gasteiger partial charge in [-0.1, -0.05) is 5.16 Å². The maximum Gasteiger partial charge on any atom is 0.246 e. The van der Waals surface area contributed by atoms with Crippen molar-refractivity contribution in [1.82, 2.24) is 20.4 Å². The number of hydrogen-bond donors (Lipinski definition) is 1. The van der Waals surface area contributed by atoms with Gasteiger partial charge in [-0.05, 0) is 45.5 Å². The van der Waals surface area contributed by atoms with Gasteiger partial charge in [0.1, 0.15) is 5.69 Å². The number of aryl methyl sites for hydroxylation is 1. The van der Waals surface area contributed by atoms with E-state index in [1.807, 2.05) is 40.0 Å². The molecule has 0 unspecified atom stereocenters. The molecule has 2 heterocycles. The third kappa shape index (κ3) is 2.34. The fraction of sp³-hybridized carbons (Fsp3) is 0.417. The van der Waals surface area contributed by atoms with E-state index in [4.69, 9.17) is 4.52 Å². The van der Waals surface area contributed by atoms with Gasteiger partial charge in [0.05, 0.1) is 5.54 Å². The fourth-order valence-corrected chi connectivity index (χ4v) is 1.35. The van der Waals surface area contributed by atoms with Crippen LogP contribution in [0.25, 0.3) is 11.5 Å². The summed E-state index contributed by atoms with van der Waals surface area (Å²) < 4.78 is 5.25. The van der Waals surface area contributed by atoms with Crippen LogP contribution in [0.15, 0.2) is 22.9 Å². The Balaban J connectivity index is 2.36. The molecule has 2 aromatic heterocycles. The highest BCUT2D eigenvalue weighted by Gasteiger charge is 2.25. The van der Waals surface area contributed by atoms with E-state index in [1.165, 1.54) is 0 Å². The van der Waals surface area contributed by atoms with Crippen molar-refractivity contribution in [3.63, 3.8) is 0 Å². The van der Waals surface area contributed by atoms with E-state index in [-0.39, 0.29) is 5.54 Å². The van der Waals surface area contributed by atoms with Crippen molar-refractivity contribution in [3.05, 3.63) is 29.8 Å². The lowest BCUT2D eigenvalue weighted by molar-refractivity contribution is 0.281. The Labute approximate surface area is 100 Å². The van der Waals surface area contributed by atoms with Crippen molar-refractivity contribution in [2.24, 2.45) is 0 Å². The third-order valence-electron chi connectivity index (χ3n) is 2.73. The average molecular weight is 232 g/mol. The Bertz CT molecular complexity index is 519. The summed E-state index contributed by atoms with van der Waals surface area (Å²) in [6, 6.07) is 3.86. The summed E-state index contributed by atoms with van der Waals surface area (Å²) in [7, 11) is 1.86. The summed E-state index contributed by atoms with van der Waals surface area (Å²) in [5.41, 5.74) is 1.51. The van der Waals surface area contributed by atoms with Gasteiger partial charge >= 0.3 is 0 Å². The molecular formula is C12H16N4O. The lowest BCUT2D eigenvalue weighted by Crippen LogP contribution is -2.33. The van der Waals surface area contributed by atoms with Gasteiger partial charge < -0.3 is 9.84 Å². The van der Waals surface area contributed by atoms with Crippen LogP contribution in [0.4, 0.5) is 0 Å². The fourth-order valence-electron chi connectivity index (χ4n) is 1.35. The third-order valence-corrected chi connectivity index (χ3v) is 2.73. The highest BCUT2D eigenvalue weighted by molar-refractivity contribution is 5.49. The van der Waals surface area contributed by atoms with Gasteiger partial charge in [0.25, 0.3) is 0 Å². The van der Waals surface area contributed by atoms with E-state index in [1.54, 1.807) is 6.20 Å². The van der Waals surface area contributed by atoms with Crippen LogP contribution < -0.4 is 5.32 Å². The van der Waals surface area contributed by atoms with Gasteiger partial charge in [0.2, 0.25) is 11.7 Å². The summed E-state index contributed by atoms with van der Waals surface area (Å²) in [6.07, 6.45) is 1.74. The number of nitrogens with zero attached hydrogens (tertiary/aromatic N) is 3. The first-order valence-corrected chi connectivity index (χ1v) is 5.49. The van der Waals surface area contributed by atoms with Gasteiger partial charge in [-0.25, -0.2) is 0 Å². The second kappa shape index (κ2) is 4.25. The van der Waals surface area contributed by atoms with E-state index < -0.39 is 0 Å². The van der Waals surface area contributed by atoms with Crippen molar-refractivity contribution in [1.29, 1.82) is 0 Å². The predicted molar refractivity (Wildman–Crippen MR) is 64.4 cm³/mol. The topological polar surface area (TPSA) is 63.8 Å². The minimum Gasteiger partial charge on any atom is -0.337 e. The molecule has 2 aromatic rings. The van der Waals surface area contributed by atoms with Crippen molar-refractivity contribution >= 4 is 0 Å². The van der Waals surface area contributed by atoms with Crippen LogP contribution >= 0.6 is 0 Å². The normalized spacial score (nSPS) is 11.8. The molecule has 5 nitrogen and oxygen atoms in total. The number of pyridine rings is 1. The Morgan fingerprint density at radius 2 is 2.12 bits per heavy atom. The van der Waals surface area contributed by atoms with E-state index >= 15 is 0 Å². The lowest BCUT2D eigenvalue weighted by Gasteiger charge is -2.17. The second-order valence-corrected chi connectivity index (χ2v) is 4.52. The largest absolute Gasteiger partial charge is 0.337 e. The average Bonchev–Trinajstić information content (AvgIpc) is 2.79. The molecule has 0 atom stereocenters. The smallest absolute Gasteiger partial charge is 0.246 e. The summed E-state index contributed by atoms with van der Waals surface area (Å²) in [5.74, 6) is 1.07. The molecule has 0 amide bonds. The Hall–Kier alpha value is -1.75. The van der Waals surface area contributed by atoms with E-state index in [0.29, 0.717) is 11.7 Å². The number of hydrogen-bond acceptors (Lipinski definition) is 5. The summed E-state index contributed by atoms with van der Waals surface area (Å²) >= 11 is 0. The van der Waals surface area contributed by atoms with Crippen LogP contribution in [-0.4, -0.2) is 22.2 Å². The van der Waals surface area contributed by atoms with Crippen LogP contribution in [0.1, 0.15) is 25.3 Å². The summed E-state index contributed by atoms with van der Waals surface area (Å²) in [4.78, 5) is 8.59. The first-order valence-electron chi connectivity index (χ1n) is 5.49. The van der Waals surface area contributed by atoms with Crippen molar-refractivity contribution in [3.8, 4) is 11.5 Å². The molecule has 17 heavy (non-hydrogen) atoms. The van der Waals surface area contributed by atoms with E-state index in [2.05, 4.69) is 20.4 Å². The number of aromatic nitrogens is 3. The minimum absolute atomic E-state index is 0.338. The van der Waals surface area contributed by atoms with Gasteiger partial charge in [0, 0.05) is 6.20 Å². The quantitative estimate of drug-likeness (QED) is 0.875. The van der Waals surface area contributed by atoms with Gasteiger partial charge in [0.15, 0.2) is 0 Å². The molecule has 0 aliphatic rings. The molecule has 90 valence electrons. The molecule has 0 spiro atoms. The monoisotopic (exact) mass is 232 g/mol. The van der Waals surface area contributed by atoms with Gasteiger partial charge in [-0.3, -0.25) is 4.98 Å². The Morgan fingerprint density at radius 1 is 1.35 bits per heavy atom. The lowest BCUT2D eigenvalue weighted by atomic mass is 10.1. The van der Waals surface area contributed by atoms with Crippen LogP contribution in [-0.2, 0) is 5.54 Å². The van der Waals surface area contributed by atoms with Crippen LogP contribution in [0.5, 0.6) is 0 Å². The standard InChI is InChI=1S/C12H16N4O/c1-8-5-6-14-9(7-8)10-15-11(17-16-10)12(2,3)13-4/h5-7,13H,1-4H3. The number of rotatable bonds is 3. The molecule has 5 heteroatoms. The highest BCUT2D eigenvalue weighted by atomic mass is 16.5. The second-order valence-electron chi connectivity index (χ2n) is 4.52. The summed E-state index contributed by atoms with van der Waals surface area (Å²) in [6.45, 7) is 5.96. The summed E-state index contributed by atoms with van der Waals surface area (Å²) in [5, 5.41) is 7.07. The van der Waals surface area contributed by atoms with Crippen molar-refractivity contribution in [2.45, 2.75) is 26.3 Å². The van der Waals surface area contributed by atoms with Crippen LogP contribution in [0, 0.1) is 6.92 Å². The van der Waals surface area contributed by atoms with Crippen molar-refractivity contribution < 1.29 is 4.52 Å². The molecule has 0 saturated heterocycles. The van der Waals surface area contributed by atoms with Crippen LogP contribution in [0.3, 0.4) is 0 Å². The van der Waals surface area contributed by atoms with E-state index in [9.17, 15) is 0 Å². The van der Waals surface area contributed by atoms with E-state index in [0.717, 1.165) is 11.3 Å². The minimum atomic E-state index is -0.338. The molecule has 0 saturated carbocycles. The maximum atomic E-state index is 5.25. The van der Waals surface area contributed by atoms with Gasteiger partial charge in [-0.15, -0.1) is 0 Å².